The Morgan fingerprint density at radius 1 is 1.40 bits per heavy atom. The summed E-state index contributed by atoms with van der Waals surface area (Å²) in [6, 6.07) is 4.89. The van der Waals surface area contributed by atoms with Crippen LogP contribution in [0.1, 0.15) is 32.3 Å². The number of nitrogens with one attached hydrogen (secondary N) is 1. The molecule has 1 amide bonds. The molecule has 0 radical (unpaired) electrons. The summed E-state index contributed by atoms with van der Waals surface area (Å²) in [5.41, 5.74) is -0.339. The molecular weight excluding hydrogens is 351 g/mol. The highest BCUT2D eigenvalue weighted by atomic mass is 32.2. The molecule has 0 saturated carbocycles. The topological polar surface area (TPSA) is 46.9 Å². The van der Waals surface area contributed by atoms with Crippen LogP contribution in [0.15, 0.2) is 36.7 Å². The third-order valence-electron chi connectivity index (χ3n) is 3.57. The summed E-state index contributed by atoms with van der Waals surface area (Å²) in [7, 11) is 0. The molecule has 0 saturated heterocycles. The summed E-state index contributed by atoms with van der Waals surface area (Å²) in [5, 5.41) is 6.29. The number of benzene rings is 1. The van der Waals surface area contributed by atoms with Gasteiger partial charge in [-0.1, -0.05) is 13.3 Å². The fourth-order valence-corrected chi connectivity index (χ4v) is 3.16. The number of unbranched alkanes of at least 4 members (excludes halogenated alkanes) is 1. The summed E-state index contributed by atoms with van der Waals surface area (Å²) in [6.07, 6.45) is 0.663. The molecular formula is C17H20F3N3OS. The normalized spacial score (nSPS) is 12.8. The Kier molecular flexibility index (Phi) is 6.52. The highest BCUT2D eigenvalue weighted by Crippen LogP contribution is 2.33. The maximum Gasteiger partial charge on any atom is 0.416 e. The van der Waals surface area contributed by atoms with Crippen LogP contribution in [0.4, 0.5) is 18.9 Å². The van der Waals surface area contributed by atoms with Crippen molar-refractivity contribution in [1.29, 1.82) is 0 Å². The van der Waals surface area contributed by atoms with Crippen LogP contribution in [-0.2, 0) is 11.0 Å². The molecule has 0 aliphatic heterocycles. The van der Waals surface area contributed by atoms with Crippen molar-refractivity contribution < 1.29 is 18.0 Å². The minimum absolute atomic E-state index is 0.0893. The summed E-state index contributed by atoms with van der Waals surface area (Å²) in [5.74, 6) is 0.508. The Morgan fingerprint density at radius 3 is 2.76 bits per heavy atom. The van der Waals surface area contributed by atoms with Gasteiger partial charge in [0.05, 0.1) is 22.2 Å². The van der Waals surface area contributed by atoms with Crippen LogP contribution in [0.2, 0.25) is 0 Å². The number of hydrogen-bond acceptors (Lipinski definition) is 3. The van der Waals surface area contributed by atoms with E-state index in [9.17, 15) is 18.0 Å². The average molecular weight is 371 g/mol. The Morgan fingerprint density at radius 2 is 2.16 bits per heavy atom. The van der Waals surface area contributed by atoms with Crippen LogP contribution in [0, 0.1) is 0 Å². The molecule has 1 aromatic heterocycles. The van der Waals surface area contributed by atoms with Gasteiger partial charge in [-0.15, -0.1) is 11.8 Å². The number of thioether (sulfide) groups is 1. The van der Waals surface area contributed by atoms with Crippen molar-refractivity contribution in [1.82, 2.24) is 9.78 Å². The van der Waals surface area contributed by atoms with Crippen LogP contribution >= 0.6 is 11.8 Å². The molecule has 0 spiro atoms. The van der Waals surface area contributed by atoms with E-state index < -0.39 is 11.7 Å². The lowest BCUT2D eigenvalue weighted by atomic mass is 10.1. The van der Waals surface area contributed by atoms with Crippen LogP contribution in [0.3, 0.4) is 0 Å². The Labute approximate surface area is 148 Å². The number of hydrogen-bond donors (Lipinski definition) is 1. The van der Waals surface area contributed by atoms with Crippen molar-refractivity contribution in [2.24, 2.45) is 0 Å². The van der Waals surface area contributed by atoms with Gasteiger partial charge >= 0.3 is 6.18 Å². The summed E-state index contributed by atoms with van der Waals surface area (Å²) in [6.45, 7) is 3.81. The Bertz CT molecular complexity index is 702. The number of rotatable bonds is 7. The molecule has 136 valence electrons. The van der Waals surface area contributed by atoms with E-state index in [0.717, 1.165) is 30.7 Å². The van der Waals surface area contributed by atoms with Gasteiger partial charge in [-0.05, 0) is 43.4 Å². The predicted molar refractivity (Wildman–Crippen MR) is 94.0 cm³/mol. The monoisotopic (exact) mass is 371 g/mol. The number of amides is 1. The van der Waals surface area contributed by atoms with Gasteiger partial charge in [0.25, 0.3) is 0 Å². The lowest BCUT2D eigenvalue weighted by Crippen LogP contribution is -2.24. The van der Waals surface area contributed by atoms with Crippen LogP contribution in [-0.4, -0.2) is 26.7 Å². The average Bonchev–Trinajstić information content (AvgIpc) is 3.08. The van der Waals surface area contributed by atoms with Gasteiger partial charge in [-0.25, -0.2) is 4.68 Å². The smallest absolute Gasteiger partial charge is 0.323 e. The fourth-order valence-electron chi connectivity index (χ4n) is 2.14. The molecule has 1 atom stereocenters. The van der Waals surface area contributed by atoms with Crippen molar-refractivity contribution in [3.05, 3.63) is 42.2 Å². The number of carbonyl (C=O) groups is 1. The molecule has 25 heavy (non-hydrogen) atoms. The summed E-state index contributed by atoms with van der Waals surface area (Å²) in [4.78, 5) is 12.3. The molecule has 2 rings (SSSR count). The van der Waals surface area contributed by atoms with Crippen molar-refractivity contribution >= 4 is 23.4 Å². The van der Waals surface area contributed by atoms with E-state index in [1.165, 1.54) is 28.7 Å². The van der Waals surface area contributed by atoms with Crippen molar-refractivity contribution in [2.75, 3.05) is 11.1 Å². The Hall–Kier alpha value is -1.96. The van der Waals surface area contributed by atoms with E-state index in [1.54, 1.807) is 19.2 Å². The summed E-state index contributed by atoms with van der Waals surface area (Å²) < 4.78 is 40.4. The first kappa shape index (κ1) is 19.4. The molecule has 1 aromatic carbocycles. The zero-order valence-corrected chi connectivity index (χ0v) is 14.8. The minimum Gasteiger partial charge on any atom is -0.323 e. The van der Waals surface area contributed by atoms with Gasteiger partial charge in [-0.3, -0.25) is 4.79 Å². The van der Waals surface area contributed by atoms with E-state index in [4.69, 9.17) is 0 Å². The zero-order chi connectivity index (χ0) is 18.4. The number of halogens is 3. The molecule has 0 fully saturated rings. The first-order valence-electron chi connectivity index (χ1n) is 7.96. The van der Waals surface area contributed by atoms with E-state index >= 15 is 0 Å². The number of carbonyl (C=O) groups excluding carboxylic acids is 1. The molecule has 8 heteroatoms. The second-order valence-electron chi connectivity index (χ2n) is 5.54. The van der Waals surface area contributed by atoms with E-state index in [0.29, 0.717) is 5.69 Å². The van der Waals surface area contributed by atoms with Crippen LogP contribution in [0.5, 0.6) is 0 Å². The van der Waals surface area contributed by atoms with Gasteiger partial charge in [-0.2, -0.15) is 18.3 Å². The lowest BCUT2D eigenvalue weighted by Gasteiger charge is -2.17. The first-order chi connectivity index (χ1) is 11.8. The van der Waals surface area contributed by atoms with Crippen LogP contribution in [0.25, 0.3) is 5.69 Å². The molecule has 1 heterocycles. The van der Waals surface area contributed by atoms with Gasteiger partial charge in [0.2, 0.25) is 5.91 Å². The van der Waals surface area contributed by atoms with E-state index in [1.807, 2.05) is 0 Å². The largest absolute Gasteiger partial charge is 0.416 e. The van der Waals surface area contributed by atoms with Crippen molar-refractivity contribution in [2.45, 2.75) is 38.1 Å². The standard InChI is InChI=1S/C17H20F3N3OS/c1-3-4-10-25-12(2)16(24)22-14-11-13(17(18,19)20)6-7-15(14)23-9-5-8-21-23/h5-9,11-12H,3-4,10H2,1-2H3,(H,22,24). The quantitative estimate of drug-likeness (QED) is 0.715. The van der Waals surface area contributed by atoms with E-state index in [2.05, 4.69) is 17.3 Å². The first-order valence-corrected chi connectivity index (χ1v) is 9.01. The van der Waals surface area contributed by atoms with Crippen LogP contribution < -0.4 is 5.32 Å². The maximum atomic E-state index is 13.0. The molecule has 1 unspecified atom stereocenters. The third-order valence-corrected chi connectivity index (χ3v) is 4.81. The summed E-state index contributed by atoms with van der Waals surface area (Å²) >= 11 is 1.48. The minimum atomic E-state index is -4.48. The molecule has 1 N–H and O–H groups in total. The second kappa shape index (κ2) is 8.42. The number of nitrogens with zero attached hydrogens (tertiary/aromatic N) is 2. The number of anilines is 1. The van der Waals surface area contributed by atoms with Gasteiger partial charge < -0.3 is 5.32 Å². The lowest BCUT2D eigenvalue weighted by molar-refractivity contribution is -0.137. The molecule has 0 bridgehead atoms. The van der Waals surface area contributed by atoms with Gasteiger partial charge in [0.1, 0.15) is 0 Å². The number of alkyl halides is 3. The van der Waals surface area contributed by atoms with Crippen molar-refractivity contribution in [3.8, 4) is 5.69 Å². The zero-order valence-electron chi connectivity index (χ0n) is 14.0. The highest BCUT2D eigenvalue weighted by molar-refractivity contribution is 8.00. The van der Waals surface area contributed by atoms with Crippen molar-refractivity contribution in [3.63, 3.8) is 0 Å². The van der Waals surface area contributed by atoms with Gasteiger partial charge in [0, 0.05) is 12.4 Å². The maximum absolute atomic E-state index is 13.0. The molecule has 4 nitrogen and oxygen atoms in total. The highest BCUT2D eigenvalue weighted by Gasteiger charge is 2.31. The third kappa shape index (κ3) is 5.26. The number of aromatic nitrogens is 2. The second-order valence-corrected chi connectivity index (χ2v) is 6.98. The Balaban J connectivity index is 2.25. The predicted octanol–water partition coefficient (Wildman–Crippen LogP) is 4.75. The van der Waals surface area contributed by atoms with E-state index in [-0.39, 0.29) is 16.8 Å². The fraction of sp³-hybridized carbons (Fsp3) is 0.412. The molecule has 0 aliphatic rings. The SMILES string of the molecule is CCCCSC(C)C(=O)Nc1cc(C(F)(F)F)ccc1-n1cccn1. The van der Waals surface area contributed by atoms with Gasteiger partial charge in [0.15, 0.2) is 0 Å². The molecule has 2 aromatic rings. The molecule has 0 aliphatic carbocycles.